The van der Waals surface area contributed by atoms with E-state index in [0.29, 0.717) is 25.9 Å². The second-order valence-corrected chi connectivity index (χ2v) is 17.2. The minimum Gasteiger partial charge on any atom is -0.458 e. The van der Waals surface area contributed by atoms with Crippen molar-refractivity contribution in [2.75, 3.05) is 34.4 Å². The molecular weight excluding hydrogens is 764 g/mol. The highest BCUT2D eigenvalue weighted by molar-refractivity contribution is 6.00. The molecule has 2 aromatic rings. The van der Waals surface area contributed by atoms with E-state index in [9.17, 15) is 29.7 Å². The second-order valence-electron chi connectivity index (χ2n) is 17.2. The molecule has 5 heterocycles. The number of carbonyl (C=O) groups excluding carboxylic acids is 3. The van der Waals surface area contributed by atoms with Gasteiger partial charge in [-0.05, 0) is 86.5 Å². The Balaban J connectivity index is 1.41. The van der Waals surface area contributed by atoms with Gasteiger partial charge in [-0.25, -0.2) is 9.78 Å². The first-order chi connectivity index (χ1) is 27.9. The number of carbonyl (C=O) groups is 3. The lowest BCUT2D eigenvalue weighted by atomic mass is 9.78. The number of fused-ring (bicyclic) bond motifs is 1. The van der Waals surface area contributed by atoms with Gasteiger partial charge in [0.05, 0.1) is 42.4 Å². The maximum atomic E-state index is 14.3. The number of hydrogen-bond acceptors (Lipinski definition) is 15. The summed E-state index contributed by atoms with van der Waals surface area (Å²) in [5.41, 5.74) is -0.740. The fraction of sp³-hybridized carbons (Fsp3) is 0.738. The third-order valence-corrected chi connectivity index (χ3v) is 12.6. The SMILES string of the molecule is CC[C@@H]1OC(=O)[C@H](C)C(=O)[C@H](C)[C@@H](O[C@@H]2O[C@H](CO)[C@H](O)[C@@H](N(C)C)[C@@H]2O)[C@@](C)(OC)C[C@@H](C)N[C@@H](C)[C@H]2N(CCCCn3cnc(-c4cccnc4)c3)C(=O)O[C@]12C. The highest BCUT2D eigenvalue weighted by atomic mass is 16.7. The lowest BCUT2D eigenvalue weighted by Crippen LogP contribution is -2.66. The maximum absolute atomic E-state index is 14.3. The van der Waals surface area contributed by atoms with Gasteiger partial charge in [-0.2, -0.15) is 0 Å². The number of unbranched alkanes of at least 4 members (excludes halogenated alkanes) is 1. The van der Waals surface area contributed by atoms with E-state index in [1.54, 1.807) is 63.4 Å². The van der Waals surface area contributed by atoms with Crippen molar-refractivity contribution in [1.29, 1.82) is 0 Å². The standard InChI is InChI=1S/C42H66N6O11/c1-11-31-42(7)36(48(40(54)59-42)18-13-12-17-47-21-29(44-23-47)28-15-14-16-43-20-28)27(5)45-24(2)19-41(6,55-10)37(25(3)33(50)26(4)38(53)57-31)58-39-35(52)32(46(8)9)34(51)30(22-49)56-39/h14-16,20-21,23-27,30-32,34-37,39,45,49,51-52H,11-13,17-19,22H2,1-10H3/t24-,25+,26-,27+,30-,31+,32-,34+,35+,36-,37-,39+,41+,42-/m1/s1. The summed E-state index contributed by atoms with van der Waals surface area (Å²) in [5.74, 6) is -3.51. The Morgan fingerprint density at radius 2 is 1.78 bits per heavy atom. The Bertz CT molecular complexity index is 1720. The number of ketones is 1. The largest absolute Gasteiger partial charge is 0.458 e. The number of nitrogens with one attached hydrogen (secondary N) is 1. The number of rotatable bonds is 12. The van der Waals surface area contributed by atoms with Gasteiger partial charge in [-0.3, -0.25) is 19.5 Å². The number of aryl methyl sites for hydroxylation is 1. The molecule has 3 aliphatic heterocycles. The first-order valence-electron chi connectivity index (χ1n) is 20.8. The van der Waals surface area contributed by atoms with Crippen LogP contribution in [0.25, 0.3) is 11.3 Å². The van der Waals surface area contributed by atoms with Crippen molar-refractivity contribution in [3.8, 4) is 11.3 Å². The molecule has 330 valence electrons. The number of cyclic esters (lactones) is 1. The van der Waals surface area contributed by atoms with Crippen molar-refractivity contribution >= 4 is 17.8 Å². The summed E-state index contributed by atoms with van der Waals surface area (Å²) in [6.45, 7) is 13.0. The molecule has 0 unspecified atom stereocenters. The molecule has 0 bridgehead atoms. The highest BCUT2D eigenvalue weighted by Gasteiger charge is 2.59. The number of amides is 1. The van der Waals surface area contributed by atoms with Gasteiger partial charge in [0.1, 0.15) is 30.3 Å². The van der Waals surface area contributed by atoms with Crippen LogP contribution in [0.2, 0.25) is 0 Å². The summed E-state index contributed by atoms with van der Waals surface area (Å²) < 4.78 is 33.0. The lowest BCUT2D eigenvalue weighted by molar-refractivity contribution is -0.319. The van der Waals surface area contributed by atoms with Crippen molar-refractivity contribution in [2.45, 2.75) is 153 Å². The Labute approximate surface area is 347 Å². The normalized spacial score (nSPS) is 37.5. The van der Waals surface area contributed by atoms with E-state index in [1.807, 2.05) is 43.7 Å². The molecule has 14 atom stereocenters. The minimum atomic E-state index is -1.38. The number of esters is 1. The third kappa shape index (κ3) is 9.83. The lowest BCUT2D eigenvalue weighted by Gasteiger charge is -2.48. The third-order valence-electron chi connectivity index (χ3n) is 12.6. The fourth-order valence-corrected chi connectivity index (χ4v) is 9.46. The van der Waals surface area contributed by atoms with E-state index in [2.05, 4.69) is 15.3 Å². The van der Waals surface area contributed by atoms with Crippen LogP contribution in [0.3, 0.4) is 0 Å². The molecule has 2 aromatic heterocycles. The Hall–Kier alpha value is -3.55. The average molecular weight is 831 g/mol. The van der Waals surface area contributed by atoms with Crippen LogP contribution in [0.1, 0.15) is 74.1 Å². The van der Waals surface area contributed by atoms with Crippen molar-refractivity contribution in [3.05, 3.63) is 37.1 Å². The highest BCUT2D eigenvalue weighted by Crippen LogP contribution is 2.40. The van der Waals surface area contributed by atoms with Crippen LogP contribution in [-0.2, 0) is 39.8 Å². The molecule has 0 radical (unpaired) electrons. The van der Waals surface area contributed by atoms with Gasteiger partial charge in [0, 0.05) is 62.4 Å². The van der Waals surface area contributed by atoms with E-state index < -0.39 is 96.4 Å². The summed E-state index contributed by atoms with van der Waals surface area (Å²) in [6, 6.07) is 1.69. The molecule has 17 heteroatoms. The predicted octanol–water partition coefficient (Wildman–Crippen LogP) is 2.40. The van der Waals surface area contributed by atoms with Crippen molar-refractivity contribution in [3.63, 3.8) is 0 Å². The molecule has 0 saturated carbocycles. The molecule has 5 rings (SSSR count). The molecule has 17 nitrogen and oxygen atoms in total. The molecule has 0 aromatic carbocycles. The zero-order valence-electron chi connectivity index (χ0n) is 36.2. The molecule has 0 aliphatic carbocycles. The van der Waals surface area contributed by atoms with Gasteiger partial charge >= 0.3 is 12.1 Å². The number of hydrogen-bond donors (Lipinski definition) is 4. The Morgan fingerprint density at radius 1 is 1.07 bits per heavy atom. The van der Waals surface area contributed by atoms with E-state index in [4.69, 9.17) is 23.7 Å². The van der Waals surface area contributed by atoms with Gasteiger partial charge in [0.15, 0.2) is 17.7 Å². The monoisotopic (exact) mass is 830 g/mol. The fourth-order valence-electron chi connectivity index (χ4n) is 9.46. The number of nitrogens with zero attached hydrogens (tertiary/aromatic N) is 5. The zero-order valence-corrected chi connectivity index (χ0v) is 36.2. The van der Waals surface area contributed by atoms with E-state index in [-0.39, 0.29) is 18.5 Å². The first-order valence-corrected chi connectivity index (χ1v) is 20.8. The van der Waals surface area contributed by atoms with E-state index in [0.717, 1.165) is 17.7 Å². The number of aliphatic hydroxyl groups is 3. The van der Waals surface area contributed by atoms with Crippen LogP contribution >= 0.6 is 0 Å². The van der Waals surface area contributed by atoms with Crippen LogP contribution < -0.4 is 5.32 Å². The smallest absolute Gasteiger partial charge is 0.410 e. The van der Waals surface area contributed by atoms with Crippen LogP contribution in [0.4, 0.5) is 4.79 Å². The van der Waals surface area contributed by atoms with Crippen LogP contribution in [0, 0.1) is 11.8 Å². The van der Waals surface area contributed by atoms with E-state index >= 15 is 0 Å². The number of Topliss-reactive ketones (excluding diaryl/α,β-unsaturated/α-hetero) is 1. The number of methoxy groups -OCH3 is 1. The summed E-state index contributed by atoms with van der Waals surface area (Å²) >= 11 is 0. The molecule has 4 N–H and O–H groups in total. The van der Waals surface area contributed by atoms with Gasteiger partial charge in [0.25, 0.3) is 0 Å². The number of imidazole rings is 1. The number of ether oxygens (including phenoxy) is 5. The van der Waals surface area contributed by atoms with Crippen molar-refractivity contribution in [2.24, 2.45) is 11.8 Å². The van der Waals surface area contributed by atoms with Crippen LogP contribution in [0.15, 0.2) is 37.1 Å². The molecular formula is C42H66N6O11. The van der Waals surface area contributed by atoms with Gasteiger partial charge in [-0.1, -0.05) is 13.8 Å². The molecule has 0 spiro atoms. The van der Waals surface area contributed by atoms with Crippen LogP contribution in [0.5, 0.6) is 0 Å². The number of aliphatic hydroxyl groups excluding tert-OH is 3. The minimum absolute atomic E-state index is 0.280. The van der Waals surface area contributed by atoms with Crippen molar-refractivity contribution in [1.82, 2.24) is 29.7 Å². The summed E-state index contributed by atoms with van der Waals surface area (Å²) in [7, 11) is 4.87. The molecule has 1 amide bonds. The summed E-state index contributed by atoms with van der Waals surface area (Å²) in [6.07, 6.45) is 1.69. The second kappa shape index (κ2) is 19.4. The topological polar surface area (TPSA) is 207 Å². The number of pyridine rings is 1. The van der Waals surface area contributed by atoms with Gasteiger partial charge in [-0.15, -0.1) is 0 Å². The van der Waals surface area contributed by atoms with Crippen LogP contribution in [-0.4, -0.2) is 164 Å². The summed E-state index contributed by atoms with van der Waals surface area (Å²) in [4.78, 5) is 54.2. The zero-order chi connectivity index (χ0) is 43.4. The summed E-state index contributed by atoms with van der Waals surface area (Å²) in [5, 5.41) is 36.1. The van der Waals surface area contributed by atoms with E-state index in [1.165, 1.54) is 14.0 Å². The Morgan fingerprint density at radius 3 is 2.41 bits per heavy atom. The molecule has 3 fully saturated rings. The quantitative estimate of drug-likeness (QED) is 0.138. The molecule has 3 saturated heterocycles. The van der Waals surface area contributed by atoms with Gasteiger partial charge < -0.3 is 53.8 Å². The predicted molar refractivity (Wildman–Crippen MR) is 216 cm³/mol. The number of aromatic nitrogens is 3. The number of likely N-dealkylation sites (N-methyl/N-ethyl adjacent to an activating group) is 1. The van der Waals surface area contributed by atoms with Crippen molar-refractivity contribution < 1.29 is 53.4 Å². The average Bonchev–Trinajstić information content (AvgIpc) is 3.78. The first kappa shape index (κ1) is 46.5. The van der Waals surface area contributed by atoms with Gasteiger partial charge in [0.2, 0.25) is 0 Å². The maximum Gasteiger partial charge on any atom is 0.410 e. The molecule has 59 heavy (non-hydrogen) atoms. The molecule has 3 aliphatic rings. The Kier molecular flexibility index (Phi) is 15.3.